The van der Waals surface area contributed by atoms with E-state index in [0.29, 0.717) is 17.7 Å². The molecule has 0 amide bonds. The Morgan fingerprint density at radius 3 is 2.67 bits per heavy atom. The van der Waals surface area contributed by atoms with E-state index in [4.69, 9.17) is 4.74 Å². The van der Waals surface area contributed by atoms with E-state index in [1.807, 2.05) is 18.2 Å². The van der Waals surface area contributed by atoms with E-state index < -0.39 is 4.92 Å². The third kappa shape index (κ3) is 4.91. The Balaban J connectivity index is 1.76. The minimum Gasteiger partial charge on any atom is -0.377 e. The molecule has 0 atom stereocenters. The molecule has 1 heterocycles. The molecule has 0 N–H and O–H groups in total. The van der Waals surface area contributed by atoms with Crippen LogP contribution in [0.4, 0.5) is 5.69 Å². The first-order valence-corrected chi connectivity index (χ1v) is 7.35. The van der Waals surface area contributed by atoms with Gasteiger partial charge in [-0.05, 0) is 58.1 Å². The second-order valence-corrected chi connectivity index (χ2v) is 5.41. The van der Waals surface area contributed by atoms with E-state index in [-0.39, 0.29) is 5.69 Å². The van der Waals surface area contributed by atoms with E-state index in [0.717, 1.165) is 18.4 Å². The Bertz CT molecular complexity index is 605. The third-order valence-corrected chi connectivity index (χ3v) is 3.65. The van der Waals surface area contributed by atoms with Crippen molar-refractivity contribution in [3.63, 3.8) is 0 Å². The first kappa shape index (κ1) is 15.6. The minimum atomic E-state index is -0.406. The van der Waals surface area contributed by atoms with Crippen LogP contribution in [0.5, 0.6) is 0 Å². The number of aromatic nitrogens is 1. The van der Waals surface area contributed by atoms with Gasteiger partial charge in [0.2, 0.25) is 0 Å². The number of ether oxygens (including phenoxy) is 1. The molecule has 110 valence electrons. The summed E-state index contributed by atoms with van der Waals surface area (Å²) in [5, 5.41) is 10.8. The fourth-order valence-electron chi connectivity index (χ4n) is 1.91. The summed E-state index contributed by atoms with van der Waals surface area (Å²) in [6.45, 7) is 0.997. The summed E-state index contributed by atoms with van der Waals surface area (Å²) >= 11 is 3.16. The van der Waals surface area contributed by atoms with Crippen LogP contribution < -0.4 is 0 Å². The van der Waals surface area contributed by atoms with Crippen molar-refractivity contribution in [2.24, 2.45) is 0 Å². The lowest BCUT2D eigenvalue weighted by Gasteiger charge is -2.05. The Morgan fingerprint density at radius 1 is 1.19 bits per heavy atom. The number of nitrogens with zero attached hydrogens (tertiary/aromatic N) is 2. The number of rotatable bonds is 7. The molecule has 0 saturated heterocycles. The summed E-state index contributed by atoms with van der Waals surface area (Å²) in [5.41, 5.74) is 2.09. The average Bonchev–Trinajstić information content (AvgIpc) is 2.49. The second-order valence-electron chi connectivity index (χ2n) is 4.55. The highest BCUT2D eigenvalue weighted by molar-refractivity contribution is 9.10. The van der Waals surface area contributed by atoms with E-state index in [1.54, 1.807) is 18.5 Å². The molecule has 2 aromatic rings. The molecule has 0 unspecified atom stereocenters. The highest BCUT2D eigenvalue weighted by Gasteiger charge is 2.12. The van der Waals surface area contributed by atoms with Gasteiger partial charge in [0, 0.05) is 25.1 Å². The third-order valence-electron chi connectivity index (χ3n) is 2.98. The molecule has 0 aliphatic heterocycles. The maximum absolute atomic E-state index is 10.8. The van der Waals surface area contributed by atoms with Crippen LogP contribution in [0.15, 0.2) is 47.2 Å². The molecule has 1 aromatic heterocycles. The Hall–Kier alpha value is -1.79. The zero-order valence-electron chi connectivity index (χ0n) is 11.4. The fourth-order valence-corrected chi connectivity index (χ4v) is 2.30. The van der Waals surface area contributed by atoms with Crippen LogP contribution in [-0.2, 0) is 17.8 Å². The maximum atomic E-state index is 10.8. The van der Waals surface area contributed by atoms with Crippen LogP contribution in [0.25, 0.3) is 0 Å². The first-order chi connectivity index (χ1) is 10.2. The number of benzene rings is 1. The highest BCUT2D eigenvalue weighted by Crippen LogP contribution is 2.25. The lowest BCUT2D eigenvalue weighted by molar-refractivity contribution is -0.385. The van der Waals surface area contributed by atoms with Gasteiger partial charge in [-0.3, -0.25) is 15.1 Å². The molecule has 1 aromatic carbocycles. The average molecular weight is 351 g/mol. The van der Waals surface area contributed by atoms with Crippen LogP contribution in [0.1, 0.15) is 17.5 Å². The van der Waals surface area contributed by atoms with Crippen molar-refractivity contribution in [2.45, 2.75) is 19.4 Å². The number of nitro benzene ring substituents is 1. The van der Waals surface area contributed by atoms with E-state index in [1.165, 1.54) is 11.6 Å². The van der Waals surface area contributed by atoms with Crippen LogP contribution in [-0.4, -0.2) is 16.5 Å². The van der Waals surface area contributed by atoms with Crippen LogP contribution >= 0.6 is 15.9 Å². The van der Waals surface area contributed by atoms with E-state index in [9.17, 15) is 10.1 Å². The summed E-state index contributed by atoms with van der Waals surface area (Å²) in [6.07, 6.45) is 5.39. The van der Waals surface area contributed by atoms with Crippen LogP contribution in [0, 0.1) is 10.1 Å². The van der Waals surface area contributed by atoms with Crippen molar-refractivity contribution in [3.05, 3.63) is 68.4 Å². The van der Waals surface area contributed by atoms with Crippen molar-refractivity contribution in [1.29, 1.82) is 0 Å². The molecule has 0 radical (unpaired) electrons. The van der Waals surface area contributed by atoms with Gasteiger partial charge in [0.15, 0.2) is 0 Å². The zero-order valence-corrected chi connectivity index (χ0v) is 13.0. The quantitative estimate of drug-likeness (QED) is 0.431. The molecular weight excluding hydrogens is 336 g/mol. The molecule has 0 saturated carbocycles. The molecule has 0 spiro atoms. The number of hydrogen-bond acceptors (Lipinski definition) is 4. The smallest absolute Gasteiger partial charge is 0.283 e. The largest absolute Gasteiger partial charge is 0.377 e. The molecule has 5 nitrogen and oxygen atoms in total. The first-order valence-electron chi connectivity index (χ1n) is 6.56. The number of halogens is 1. The van der Waals surface area contributed by atoms with Crippen LogP contribution in [0.3, 0.4) is 0 Å². The monoisotopic (exact) mass is 350 g/mol. The predicted octanol–water partition coefficient (Wildman–Crippen LogP) is 3.90. The Labute approximate surface area is 131 Å². The van der Waals surface area contributed by atoms with Gasteiger partial charge < -0.3 is 4.74 Å². The molecule has 2 rings (SSSR count). The standard InChI is InChI=1S/C15H15BrN2O3/c16-14-4-3-13(10-15(14)18(19)20)11-21-9-1-2-12-5-7-17-8-6-12/h3-8,10H,1-2,9,11H2. The van der Waals surface area contributed by atoms with Gasteiger partial charge in [0.25, 0.3) is 5.69 Å². The van der Waals surface area contributed by atoms with Gasteiger partial charge in [0.1, 0.15) is 0 Å². The van der Waals surface area contributed by atoms with Gasteiger partial charge in [-0.2, -0.15) is 0 Å². The Morgan fingerprint density at radius 2 is 1.95 bits per heavy atom. The topological polar surface area (TPSA) is 65.3 Å². The lowest BCUT2D eigenvalue weighted by Crippen LogP contribution is -1.99. The summed E-state index contributed by atoms with van der Waals surface area (Å²) in [7, 11) is 0. The van der Waals surface area contributed by atoms with Gasteiger partial charge in [-0.1, -0.05) is 6.07 Å². The number of nitro groups is 1. The molecule has 0 bridgehead atoms. The van der Waals surface area contributed by atoms with Crippen molar-refractivity contribution in [2.75, 3.05) is 6.61 Å². The van der Waals surface area contributed by atoms with Crippen molar-refractivity contribution >= 4 is 21.6 Å². The SMILES string of the molecule is O=[N+]([O-])c1cc(COCCCc2ccncc2)ccc1Br. The molecule has 0 fully saturated rings. The summed E-state index contributed by atoms with van der Waals surface area (Å²) < 4.78 is 6.04. The van der Waals surface area contributed by atoms with Gasteiger partial charge in [0.05, 0.1) is 16.0 Å². The molecular formula is C15H15BrN2O3. The van der Waals surface area contributed by atoms with Crippen molar-refractivity contribution in [3.8, 4) is 0 Å². The predicted molar refractivity (Wildman–Crippen MR) is 83.0 cm³/mol. The van der Waals surface area contributed by atoms with E-state index in [2.05, 4.69) is 20.9 Å². The summed E-state index contributed by atoms with van der Waals surface area (Å²) in [4.78, 5) is 14.4. The number of pyridine rings is 1. The summed E-state index contributed by atoms with van der Waals surface area (Å²) in [5.74, 6) is 0. The molecule has 6 heteroatoms. The normalized spacial score (nSPS) is 10.5. The highest BCUT2D eigenvalue weighted by atomic mass is 79.9. The van der Waals surface area contributed by atoms with Gasteiger partial charge in [-0.15, -0.1) is 0 Å². The molecule has 0 aliphatic rings. The molecule has 21 heavy (non-hydrogen) atoms. The van der Waals surface area contributed by atoms with Crippen molar-refractivity contribution in [1.82, 2.24) is 4.98 Å². The zero-order chi connectivity index (χ0) is 15.1. The molecule has 0 aliphatic carbocycles. The second kappa shape index (κ2) is 7.85. The lowest BCUT2D eigenvalue weighted by atomic mass is 10.1. The van der Waals surface area contributed by atoms with Gasteiger partial charge >= 0.3 is 0 Å². The van der Waals surface area contributed by atoms with Gasteiger partial charge in [-0.25, -0.2) is 0 Å². The number of hydrogen-bond donors (Lipinski definition) is 0. The minimum absolute atomic E-state index is 0.0629. The Kier molecular flexibility index (Phi) is 5.83. The van der Waals surface area contributed by atoms with Crippen molar-refractivity contribution < 1.29 is 9.66 Å². The summed E-state index contributed by atoms with van der Waals surface area (Å²) in [6, 6.07) is 9.00. The van der Waals surface area contributed by atoms with E-state index >= 15 is 0 Å². The fraction of sp³-hybridized carbons (Fsp3) is 0.267. The maximum Gasteiger partial charge on any atom is 0.283 e. The number of aryl methyl sites for hydroxylation is 1. The van der Waals surface area contributed by atoms with Crippen LogP contribution in [0.2, 0.25) is 0 Å².